The second-order valence-electron chi connectivity index (χ2n) is 16.9. The molecule has 2 saturated heterocycles. The number of hydrogen-bond acceptors (Lipinski definition) is 12. The van der Waals surface area contributed by atoms with Crippen LogP contribution in [0.4, 0.5) is 0 Å². The normalized spacial score (nSPS) is 14.9. The van der Waals surface area contributed by atoms with Crippen molar-refractivity contribution in [2.24, 2.45) is 0 Å². The summed E-state index contributed by atoms with van der Waals surface area (Å²) in [6, 6.07) is 54.5. The molecule has 0 aliphatic carbocycles. The molecular weight excluding hydrogens is 937 g/mol. The molecule has 2 aliphatic rings. The lowest BCUT2D eigenvalue weighted by Gasteiger charge is -2.28. The first kappa shape index (κ1) is 47.7. The van der Waals surface area contributed by atoms with Crippen molar-refractivity contribution in [3.8, 4) is 40.2 Å². The van der Waals surface area contributed by atoms with Gasteiger partial charge in [-0.15, -0.1) is 0 Å². The van der Waals surface area contributed by atoms with E-state index in [9.17, 15) is 22.6 Å². The maximum Gasteiger partial charge on any atom is 0.294 e. The lowest BCUT2D eigenvalue weighted by atomic mass is 9.97. The lowest BCUT2D eigenvalue weighted by molar-refractivity contribution is -0.130. The van der Waals surface area contributed by atoms with E-state index in [0.717, 1.165) is 28.0 Å². The van der Waals surface area contributed by atoms with E-state index in [1.165, 1.54) is 25.1 Å². The predicted molar refractivity (Wildman–Crippen MR) is 265 cm³/mol. The molecule has 14 heteroatoms. The highest BCUT2D eigenvalue weighted by molar-refractivity contribution is 7.85. The van der Waals surface area contributed by atoms with Crippen LogP contribution >= 0.6 is 0 Å². The zero-order valence-corrected chi connectivity index (χ0v) is 39.8. The molecule has 0 spiro atoms. The summed E-state index contributed by atoms with van der Waals surface area (Å²) >= 11 is 0. The van der Waals surface area contributed by atoms with E-state index >= 15 is 0 Å². The van der Waals surface area contributed by atoms with Crippen molar-refractivity contribution >= 4 is 21.7 Å². The van der Waals surface area contributed by atoms with Crippen molar-refractivity contribution in [3.05, 3.63) is 238 Å². The van der Waals surface area contributed by atoms with Crippen LogP contribution < -0.4 is 18.9 Å². The van der Waals surface area contributed by atoms with Crippen LogP contribution in [0.5, 0.6) is 40.2 Å². The second kappa shape index (κ2) is 20.0. The SMILES string of the molecule is COc1ccc(C2(c3ccc(Oc4ccc(C(=O)c5ccc(Oc6ccc(C7(c8ccc(Oc9ccc(C(=O)c%10ccc(C)c(S(=O)(=O)O)c%10)cc9)cc8)OCCO7)cc6)cc5)cc4)cc3)OCCO2)cc1. The summed E-state index contributed by atoms with van der Waals surface area (Å²) in [7, 11) is -2.86. The fraction of sp³-hybridized carbons (Fsp3) is 0.138. The maximum atomic E-state index is 13.5. The molecule has 0 radical (unpaired) electrons. The van der Waals surface area contributed by atoms with Crippen molar-refractivity contribution in [1.82, 2.24) is 0 Å². The van der Waals surface area contributed by atoms with Crippen LogP contribution in [0, 0.1) is 6.92 Å². The van der Waals surface area contributed by atoms with E-state index in [4.69, 9.17) is 37.9 Å². The van der Waals surface area contributed by atoms with Crippen LogP contribution in [0.25, 0.3) is 0 Å². The van der Waals surface area contributed by atoms with Gasteiger partial charge >= 0.3 is 0 Å². The Labute approximate surface area is 415 Å². The molecule has 0 bridgehead atoms. The first-order valence-corrected chi connectivity index (χ1v) is 24.4. The Kier molecular flexibility index (Phi) is 13.3. The molecule has 10 rings (SSSR count). The van der Waals surface area contributed by atoms with Gasteiger partial charge in [-0.3, -0.25) is 14.1 Å². The van der Waals surface area contributed by atoms with E-state index in [-0.39, 0.29) is 16.2 Å². The van der Waals surface area contributed by atoms with Crippen molar-refractivity contribution in [3.63, 3.8) is 0 Å². The Morgan fingerprint density at radius 2 is 0.681 bits per heavy atom. The number of methoxy groups -OCH3 is 1. The number of aryl methyl sites for hydroxylation is 1. The standard InChI is InChI=1S/C58H46O13S/c1-38-3-4-42(37-54(38)72(61,62)63)56(60)41-9-23-50(24-10-41)71-53-31-17-46(18-32-53)58(67-35-36-68-58)45-15-29-52(30-16-45)70-49-21-7-40(8-22-49)55(59)39-5-19-48(20-6-39)69-51-27-13-44(14-28-51)57(65-33-34-66-57)43-11-25-47(64-2)26-12-43/h3-32,37H,33-36H2,1-2H3,(H,61,62,63). The van der Waals surface area contributed by atoms with Crippen LogP contribution in [-0.2, 0) is 40.6 Å². The molecule has 13 nitrogen and oxygen atoms in total. The lowest BCUT2D eigenvalue weighted by Crippen LogP contribution is -2.28. The van der Waals surface area contributed by atoms with Crippen LogP contribution in [0.2, 0.25) is 0 Å². The molecule has 0 atom stereocenters. The van der Waals surface area contributed by atoms with Gasteiger partial charge in [0.15, 0.2) is 11.6 Å². The molecule has 8 aromatic rings. The maximum absolute atomic E-state index is 13.5. The van der Waals surface area contributed by atoms with E-state index in [1.54, 1.807) is 92.0 Å². The molecule has 0 aromatic heterocycles. The van der Waals surface area contributed by atoms with E-state index in [2.05, 4.69) is 0 Å². The van der Waals surface area contributed by atoms with Gasteiger partial charge in [-0.05, 0) is 188 Å². The molecule has 0 unspecified atom stereocenters. The summed E-state index contributed by atoms with van der Waals surface area (Å²) in [5.74, 6) is 1.35. The highest BCUT2D eigenvalue weighted by Crippen LogP contribution is 2.42. The molecule has 2 fully saturated rings. The Hall–Kier alpha value is -7.95. The minimum Gasteiger partial charge on any atom is -0.497 e. The fourth-order valence-electron chi connectivity index (χ4n) is 8.65. The van der Waals surface area contributed by atoms with E-state index in [0.29, 0.717) is 83.2 Å². The Morgan fingerprint density at radius 3 is 0.972 bits per heavy atom. The average Bonchev–Trinajstić information content (AvgIpc) is 4.13. The molecule has 72 heavy (non-hydrogen) atoms. The molecule has 0 amide bonds. The van der Waals surface area contributed by atoms with Gasteiger partial charge in [0.1, 0.15) is 40.2 Å². The van der Waals surface area contributed by atoms with Gasteiger partial charge in [-0.25, -0.2) is 0 Å². The second-order valence-corrected chi connectivity index (χ2v) is 18.3. The Morgan fingerprint density at radius 1 is 0.417 bits per heavy atom. The van der Waals surface area contributed by atoms with Gasteiger partial charge in [0.05, 0.1) is 38.4 Å². The molecule has 2 heterocycles. The largest absolute Gasteiger partial charge is 0.497 e. The first-order chi connectivity index (χ1) is 34.9. The number of ketones is 2. The Bertz CT molecular complexity index is 3330. The minimum absolute atomic E-state index is 0.128. The molecule has 1 N–H and O–H groups in total. The summed E-state index contributed by atoms with van der Waals surface area (Å²) in [4.78, 5) is 26.3. The van der Waals surface area contributed by atoms with Crippen molar-refractivity contribution < 1.29 is 60.5 Å². The van der Waals surface area contributed by atoms with Crippen LogP contribution in [0.3, 0.4) is 0 Å². The molecular formula is C58H46O13S. The summed E-state index contributed by atoms with van der Waals surface area (Å²) in [5.41, 5.74) is 5.01. The van der Waals surface area contributed by atoms with Gasteiger partial charge in [-0.2, -0.15) is 8.42 Å². The average molecular weight is 983 g/mol. The van der Waals surface area contributed by atoms with Gasteiger partial charge in [0.25, 0.3) is 10.1 Å². The van der Waals surface area contributed by atoms with E-state index in [1.807, 2.05) is 84.9 Å². The summed E-state index contributed by atoms with van der Waals surface area (Å²) in [6.45, 7) is 3.25. The van der Waals surface area contributed by atoms with Crippen molar-refractivity contribution in [1.29, 1.82) is 0 Å². The van der Waals surface area contributed by atoms with Crippen LogP contribution in [-0.4, -0.2) is 58.1 Å². The summed E-state index contributed by atoms with van der Waals surface area (Å²) in [5, 5.41) is 0. The topological polar surface area (TPSA) is 162 Å². The van der Waals surface area contributed by atoms with Crippen molar-refractivity contribution in [2.75, 3.05) is 33.5 Å². The molecule has 8 aromatic carbocycles. The quantitative estimate of drug-likeness (QED) is 0.0719. The minimum atomic E-state index is -4.48. The van der Waals surface area contributed by atoms with Gasteiger partial charge in [0.2, 0.25) is 11.6 Å². The number of benzene rings is 8. The zero-order valence-electron chi connectivity index (χ0n) is 39.0. The monoisotopic (exact) mass is 982 g/mol. The van der Waals surface area contributed by atoms with E-state index < -0.39 is 27.5 Å². The smallest absolute Gasteiger partial charge is 0.294 e. The van der Waals surface area contributed by atoms with Crippen LogP contribution in [0.15, 0.2) is 193 Å². The molecule has 0 saturated carbocycles. The van der Waals surface area contributed by atoms with Gasteiger partial charge < -0.3 is 37.9 Å². The number of ether oxygens (including phenoxy) is 8. The fourth-order valence-corrected chi connectivity index (χ4v) is 9.40. The molecule has 362 valence electrons. The van der Waals surface area contributed by atoms with Crippen molar-refractivity contribution in [2.45, 2.75) is 23.4 Å². The van der Waals surface area contributed by atoms with Gasteiger partial charge in [0, 0.05) is 44.5 Å². The first-order valence-electron chi connectivity index (χ1n) is 22.9. The number of carbonyl (C=O) groups is 2. The van der Waals surface area contributed by atoms with Crippen LogP contribution in [0.1, 0.15) is 59.7 Å². The highest BCUT2D eigenvalue weighted by atomic mass is 32.2. The summed E-state index contributed by atoms with van der Waals surface area (Å²) in [6.07, 6.45) is 0. The zero-order chi connectivity index (χ0) is 49.9. The van der Waals surface area contributed by atoms with Gasteiger partial charge in [-0.1, -0.05) is 12.1 Å². The highest BCUT2D eigenvalue weighted by Gasteiger charge is 2.42. The molecule has 2 aliphatic heterocycles. The third-order valence-electron chi connectivity index (χ3n) is 12.3. The number of rotatable bonds is 16. The third kappa shape index (κ3) is 9.87. The third-order valence-corrected chi connectivity index (χ3v) is 13.3. The number of carbonyl (C=O) groups excluding carboxylic acids is 2. The Balaban J connectivity index is 0.739. The number of hydrogen-bond donors (Lipinski definition) is 1. The summed E-state index contributed by atoms with van der Waals surface area (Å²) < 4.78 is 81.6. The predicted octanol–water partition coefficient (Wildman–Crippen LogP) is 11.6.